The third-order valence-corrected chi connectivity index (χ3v) is 9.81. The lowest BCUT2D eigenvalue weighted by atomic mass is 9.95. The highest BCUT2D eigenvalue weighted by Crippen LogP contribution is 2.32. The van der Waals surface area contributed by atoms with Crippen LogP contribution in [0, 0.1) is 18.7 Å². The Balaban J connectivity index is 1.30. The van der Waals surface area contributed by atoms with Crippen molar-refractivity contribution >= 4 is 51.9 Å². The molecule has 2 aliphatic rings. The molecule has 40 heavy (non-hydrogen) atoms. The van der Waals surface area contributed by atoms with Crippen molar-refractivity contribution in [3.8, 4) is 10.4 Å². The van der Waals surface area contributed by atoms with Gasteiger partial charge in [-0.3, -0.25) is 17.5 Å². The Morgan fingerprint density at radius 1 is 1.23 bits per heavy atom. The van der Waals surface area contributed by atoms with Crippen LogP contribution in [0.5, 0.6) is 0 Å². The second-order valence-corrected chi connectivity index (χ2v) is 12.6. The van der Waals surface area contributed by atoms with Gasteiger partial charge < -0.3 is 9.80 Å². The van der Waals surface area contributed by atoms with Gasteiger partial charge in [0, 0.05) is 18.7 Å². The zero-order valence-corrected chi connectivity index (χ0v) is 25.7. The monoisotopic (exact) mass is 674 g/mol. The van der Waals surface area contributed by atoms with Gasteiger partial charge in [0.15, 0.2) is 0 Å². The lowest BCUT2D eigenvalue weighted by Gasteiger charge is -2.36. The van der Waals surface area contributed by atoms with Crippen LogP contribution in [0.2, 0.25) is 0 Å². The molecule has 1 aromatic heterocycles. The summed E-state index contributed by atoms with van der Waals surface area (Å²) < 4.78 is 15.5. The van der Waals surface area contributed by atoms with E-state index in [4.69, 9.17) is 0 Å². The molecule has 0 spiro atoms. The molecule has 1 saturated heterocycles. The van der Waals surface area contributed by atoms with E-state index in [-0.39, 0.29) is 30.2 Å². The first-order chi connectivity index (χ1) is 19.2. The molecule has 3 amide bonds. The minimum absolute atomic E-state index is 0.116. The number of amides is 3. The zero-order valence-electron chi connectivity index (χ0n) is 22.8. The summed E-state index contributed by atoms with van der Waals surface area (Å²) in [7, 11) is 0. The zero-order chi connectivity index (χ0) is 28.6. The van der Waals surface area contributed by atoms with Crippen molar-refractivity contribution in [2.75, 3.05) is 6.54 Å². The van der Waals surface area contributed by atoms with E-state index in [1.807, 2.05) is 73.4 Å². The molecule has 2 aliphatic heterocycles. The predicted molar refractivity (Wildman–Crippen MR) is 161 cm³/mol. The van der Waals surface area contributed by atoms with Crippen LogP contribution in [0.15, 0.2) is 48.0 Å². The average molecular weight is 675 g/mol. The number of likely N-dealkylation sites (tertiary alicyclic amines) is 1. The summed E-state index contributed by atoms with van der Waals surface area (Å²) in [6.07, 6.45) is 2.00. The minimum Gasteiger partial charge on any atom is -0.329 e. The highest BCUT2D eigenvalue weighted by atomic mass is 127. The summed E-state index contributed by atoms with van der Waals surface area (Å²) in [6, 6.07) is 11.0. The van der Waals surface area contributed by atoms with E-state index in [0.717, 1.165) is 33.7 Å². The van der Waals surface area contributed by atoms with Crippen LogP contribution in [0.1, 0.15) is 60.3 Å². The Hall–Kier alpha value is -2.86. The normalized spacial score (nSPS) is 18.1. The van der Waals surface area contributed by atoms with Crippen molar-refractivity contribution in [1.82, 2.24) is 17.9 Å². The number of halogens is 2. The smallest absolute Gasteiger partial charge is 0.255 e. The van der Waals surface area contributed by atoms with Gasteiger partial charge in [-0.25, -0.2) is 9.37 Å². The molecular weight excluding hydrogens is 642 g/mol. The minimum atomic E-state index is -0.716. The maximum absolute atomic E-state index is 14.1. The summed E-state index contributed by atoms with van der Waals surface area (Å²) in [5.41, 5.74) is 5.95. The Labute approximate surface area is 251 Å². The van der Waals surface area contributed by atoms with Gasteiger partial charge in [-0.15, -0.1) is 11.3 Å². The molecule has 0 aliphatic carbocycles. The van der Waals surface area contributed by atoms with Crippen molar-refractivity contribution in [3.05, 3.63) is 76.2 Å². The number of aromatic nitrogens is 1. The van der Waals surface area contributed by atoms with E-state index in [1.165, 1.54) is 12.1 Å². The largest absolute Gasteiger partial charge is 0.329 e. The van der Waals surface area contributed by atoms with Crippen LogP contribution in [-0.4, -0.2) is 54.2 Å². The van der Waals surface area contributed by atoms with E-state index in [9.17, 15) is 18.8 Å². The number of aryl methyl sites for hydroxylation is 1. The summed E-state index contributed by atoms with van der Waals surface area (Å²) in [4.78, 5) is 49.6. The van der Waals surface area contributed by atoms with Gasteiger partial charge in [-0.1, -0.05) is 50.6 Å². The molecule has 3 atom stereocenters. The molecule has 0 saturated carbocycles. The van der Waals surface area contributed by atoms with Gasteiger partial charge in [0.2, 0.25) is 5.91 Å². The molecule has 2 aromatic carbocycles. The molecule has 0 bridgehead atoms. The number of fused-ring (bicyclic) bond motifs is 1. The SMILES string of the molecule is CC[C@H](C)[C@@H](C(=O)N1CCC[C@H]1C(=O)N(I)Cc1ccc(-c2scnc2C)cc1)N1Cc2ccc(F)cc2C1=O. The van der Waals surface area contributed by atoms with Crippen molar-refractivity contribution in [2.24, 2.45) is 5.92 Å². The fourth-order valence-electron chi connectivity index (χ4n) is 5.63. The number of carbonyl (C=O) groups is 3. The Morgan fingerprint density at radius 3 is 2.65 bits per heavy atom. The van der Waals surface area contributed by atoms with E-state index in [1.54, 1.807) is 30.3 Å². The quantitative estimate of drug-likeness (QED) is 0.217. The molecule has 0 radical (unpaired) electrons. The third kappa shape index (κ3) is 5.52. The maximum Gasteiger partial charge on any atom is 0.255 e. The molecule has 210 valence electrons. The van der Waals surface area contributed by atoms with E-state index < -0.39 is 17.9 Å². The fourth-order valence-corrected chi connectivity index (χ4v) is 7.15. The molecular formula is C30H32FIN4O3S. The Kier molecular flexibility index (Phi) is 8.55. The van der Waals surface area contributed by atoms with Gasteiger partial charge in [0.1, 0.15) is 17.9 Å². The molecule has 0 N–H and O–H groups in total. The van der Waals surface area contributed by atoms with Crippen LogP contribution >= 0.6 is 34.2 Å². The van der Waals surface area contributed by atoms with Gasteiger partial charge in [0.25, 0.3) is 11.8 Å². The summed E-state index contributed by atoms with van der Waals surface area (Å²) >= 11 is 3.64. The lowest BCUT2D eigenvalue weighted by Crippen LogP contribution is -2.55. The molecule has 10 heteroatoms. The van der Waals surface area contributed by atoms with Crippen LogP contribution in [0.25, 0.3) is 10.4 Å². The maximum atomic E-state index is 14.1. The number of nitrogens with zero attached hydrogens (tertiary/aromatic N) is 4. The molecule has 3 heterocycles. The molecule has 3 aromatic rings. The molecule has 1 fully saturated rings. The van der Waals surface area contributed by atoms with Crippen LogP contribution in [0.3, 0.4) is 0 Å². The Bertz CT molecular complexity index is 1430. The highest BCUT2D eigenvalue weighted by Gasteiger charge is 2.45. The number of rotatable bonds is 8. The first-order valence-corrected chi connectivity index (χ1v) is 15.4. The summed E-state index contributed by atoms with van der Waals surface area (Å²) in [5.74, 6) is -1.25. The number of carbonyl (C=O) groups excluding carboxylic acids is 3. The second-order valence-electron chi connectivity index (χ2n) is 10.6. The average Bonchev–Trinajstić information content (AvgIpc) is 3.68. The van der Waals surface area contributed by atoms with Crippen molar-refractivity contribution < 1.29 is 18.8 Å². The first kappa shape index (κ1) is 28.7. The van der Waals surface area contributed by atoms with Gasteiger partial charge in [-0.2, -0.15) is 0 Å². The van der Waals surface area contributed by atoms with Crippen LogP contribution < -0.4 is 0 Å². The number of benzene rings is 2. The van der Waals surface area contributed by atoms with Gasteiger partial charge in [0.05, 0.1) is 45.5 Å². The van der Waals surface area contributed by atoms with Crippen LogP contribution in [-0.2, 0) is 22.7 Å². The van der Waals surface area contributed by atoms with E-state index in [0.29, 0.717) is 31.5 Å². The lowest BCUT2D eigenvalue weighted by molar-refractivity contribution is -0.145. The number of hydrogen-bond acceptors (Lipinski definition) is 5. The fraction of sp³-hybridized carbons (Fsp3) is 0.400. The summed E-state index contributed by atoms with van der Waals surface area (Å²) in [5, 5.41) is 0. The summed E-state index contributed by atoms with van der Waals surface area (Å²) in [6.45, 7) is 7.08. The van der Waals surface area contributed by atoms with E-state index in [2.05, 4.69) is 4.98 Å². The third-order valence-electron chi connectivity index (χ3n) is 8.02. The van der Waals surface area contributed by atoms with Crippen molar-refractivity contribution in [3.63, 3.8) is 0 Å². The molecule has 7 nitrogen and oxygen atoms in total. The molecule has 0 unspecified atom stereocenters. The van der Waals surface area contributed by atoms with Crippen molar-refractivity contribution in [1.29, 1.82) is 0 Å². The Morgan fingerprint density at radius 2 is 1.98 bits per heavy atom. The standard InChI is InChI=1S/C30H32FIN4O3S/c1-4-18(2)26(35-16-22-11-12-23(31)14-24(22)28(35)37)30(39)34-13-5-6-25(34)29(38)36(32)15-20-7-9-21(10-8-20)27-19(3)33-17-40-27/h7-12,14,17-18,25-26H,4-6,13,15-16H2,1-3H3/t18-,25-,26-/m0/s1. The molecule has 5 rings (SSSR count). The van der Waals surface area contributed by atoms with Gasteiger partial charge in [-0.05, 0) is 54.5 Å². The van der Waals surface area contributed by atoms with Crippen LogP contribution in [0.4, 0.5) is 4.39 Å². The van der Waals surface area contributed by atoms with E-state index >= 15 is 0 Å². The first-order valence-electron chi connectivity index (χ1n) is 13.6. The topological polar surface area (TPSA) is 73.8 Å². The highest BCUT2D eigenvalue weighted by molar-refractivity contribution is 14.1. The van der Waals surface area contributed by atoms with Gasteiger partial charge >= 0.3 is 0 Å². The number of thiazole rings is 1. The second kappa shape index (κ2) is 11.9. The van der Waals surface area contributed by atoms with Crippen molar-refractivity contribution in [2.45, 2.75) is 65.2 Å². The predicted octanol–water partition coefficient (Wildman–Crippen LogP) is 6.00. The number of hydrogen-bond donors (Lipinski definition) is 0.